The third-order valence-electron chi connectivity index (χ3n) is 3.21. The second kappa shape index (κ2) is 10.3. The normalized spacial score (nSPS) is 13.2. The molecule has 0 aliphatic rings. The Morgan fingerprint density at radius 2 is 1.67 bits per heavy atom. The van der Waals surface area contributed by atoms with Gasteiger partial charge in [-0.15, -0.1) is 0 Å². The number of aliphatic hydroxyl groups excluding tert-OH is 1. The highest BCUT2D eigenvalue weighted by Crippen LogP contribution is 2.02. The third kappa shape index (κ3) is 7.63. The monoisotopic (exact) mass is 260 g/mol. The standard InChI is InChI=1S/C13H28N2O3/c1-4-14(5-2)7-6-8-15(9-10-16)11-12(3)13(17)18/h12,16H,4-11H2,1-3H3,(H,17,18). The van der Waals surface area contributed by atoms with Crippen LogP contribution in [-0.2, 0) is 4.79 Å². The van der Waals surface area contributed by atoms with Crippen LogP contribution in [0.25, 0.3) is 0 Å². The Hall–Kier alpha value is -0.650. The molecule has 0 aliphatic carbocycles. The fraction of sp³-hybridized carbons (Fsp3) is 0.923. The van der Waals surface area contributed by atoms with Crippen LogP contribution in [0.2, 0.25) is 0 Å². The zero-order chi connectivity index (χ0) is 14.0. The molecule has 0 heterocycles. The molecule has 0 aliphatic heterocycles. The number of rotatable bonds is 11. The molecule has 0 rings (SSSR count). The molecule has 0 aromatic carbocycles. The molecule has 0 radical (unpaired) electrons. The Kier molecular flexibility index (Phi) is 9.92. The van der Waals surface area contributed by atoms with Gasteiger partial charge in [-0.05, 0) is 32.6 Å². The van der Waals surface area contributed by atoms with Crippen molar-refractivity contribution in [1.29, 1.82) is 0 Å². The fourth-order valence-corrected chi connectivity index (χ4v) is 1.96. The lowest BCUT2D eigenvalue weighted by Crippen LogP contribution is -2.36. The largest absolute Gasteiger partial charge is 0.481 e. The van der Waals surface area contributed by atoms with E-state index in [1.165, 1.54) is 0 Å². The molecular weight excluding hydrogens is 232 g/mol. The number of carboxylic acids is 1. The summed E-state index contributed by atoms with van der Waals surface area (Å²) in [5.41, 5.74) is 0. The first-order valence-electron chi connectivity index (χ1n) is 6.83. The van der Waals surface area contributed by atoms with Gasteiger partial charge < -0.3 is 20.0 Å². The molecule has 0 fully saturated rings. The van der Waals surface area contributed by atoms with Crippen molar-refractivity contribution in [3.05, 3.63) is 0 Å². The number of aliphatic carboxylic acids is 1. The second-order valence-corrected chi connectivity index (χ2v) is 4.64. The Balaban J connectivity index is 3.99. The molecular formula is C13H28N2O3. The smallest absolute Gasteiger partial charge is 0.307 e. The van der Waals surface area contributed by atoms with E-state index in [1.807, 2.05) is 4.90 Å². The van der Waals surface area contributed by atoms with E-state index in [4.69, 9.17) is 10.2 Å². The maximum atomic E-state index is 10.8. The van der Waals surface area contributed by atoms with Crippen LogP contribution in [0.5, 0.6) is 0 Å². The van der Waals surface area contributed by atoms with Gasteiger partial charge in [-0.25, -0.2) is 0 Å². The predicted octanol–water partition coefficient (Wildman–Crippen LogP) is 0.733. The average molecular weight is 260 g/mol. The summed E-state index contributed by atoms with van der Waals surface area (Å²) in [5, 5.41) is 17.9. The number of aliphatic hydroxyl groups is 1. The minimum Gasteiger partial charge on any atom is -0.481 e. The van der Waals surface area contributed by atoms with Crippen molar-refractivity contribution in [2.75, 3.05) is 45.9 Å². The van der Waals surface area contributed by atoms with E-state index in [0.29, 0.717) is 13.1 Å². The van der Waals surface area contributed by atoms with Gasteiger partial charge in [0.15, 0.2) is 0 Å². The SMILES string of the molecule is CCN(CC)CCCN(CCO)CC(C)C(=O)O. The molecule has 5 heteroatoms. The first-order valence-corrected chi connectivity index (χ1v) is 6.83. The van der Waals surface area contributed by atoms with E-state index >= 15 is 0 Å². The minimum absolute atomic E-state index is 0.0810. The molecule has 2 N–H and O–H groups in total. The van der Waals surface area contributed by atoms with Crippen LogP contribution >= 0.6 is 0 Å². The molecule has 0 saturated heterocycles. The first kappa shape index (κ1) is 17.4. The molecule has 0 spiro atoms. The average Bonchev–Trinajstić information content (AvgIpc) is 2.34. The molecule has 0 aromatic rings. The minimum atomic E-state index is -0.776. The molecule has 0 bridgehead atoms. The lowest BCUT2D eigenvalue weighted by atomic mass is 10.1. The van der Waals surface area contributed by atoms with Gasteiger partial charge in [0.1, 0.15) is 0 Å². The van der Waals surface area contributed by atoms with Crippen LogP contribution < -0.4 is 0 Å². The zero-order valence-corrected chi connectivity index (χ0v) is 11.9. The van der Waals surface area contributed by atoms with E-state index in [1.54, 1.807) is 6.92 Å². The first-order chi connectivity index (χ1) is 8.54. The van der Waals surface area contributed by atoms with Crippen LogP contribution in [-0.4, -0.2) is 71.9 Å². The molecule has 18 heavy (non-hydrogen) atoms. The van der Waals surface area contributed by atoms with Gasteiger partial charge in [0.05, 0.1) is 12.5 Å². The molecule has 0 aromatic heterocycles. The quantitative estimate of drug-likeness (QED) is 0.573. The van der Waals surface area contributed by atoms with Gasteiger partial charge in [0.25, 0.3) is 0 Å². The van der Waals surface area contributed by atoms with Gasteiger partial charge in [0.2, 0.25) is 0 Å². The third-order valence-corrected chi connectivity index (χ3v) is 3.21. The van der Waals surface area contributed by atoms with E-state index in [0.717, 1.165) is 32.6 Å². The topological polar surface area (TPSA) is 64.0 Å². The summed E-state index contributed by atoms with van der Waals surface area (Å²) in [4.78, 5) is 15.2. The van der Waals surface area contributed by atoms with Crippen molar-refractivity contribution in [2.45, 2.75) is 27.2 Å². The predicted molar refractivity (Wildman–Crippen MR) is 72.7 cm³/mol. The van der Waals surface area contributed by atoms with Crippen molar-refractivity contribution in [1.82, 2.24) is 9.80 Å². The lowest BCUT2D eigenvalue weighted by Gasteiger charge is -2.25. The van der Waals surface area contributed by atoms with Crippen molar-refractivity contribution in [2.24, 2.45) is 5.92 Å². The summed E-state index contributed by atoms with van der Waals surface area (Å²) in [5.74, 6) is -1.16. The Labute approximate surface area is 110 Å². The number of hydrogen-bond donors (Lipinski definition) is 2. The fourth-order valence-electron chi connectivity index (χ4n) is 1.96. The summed E-state index contributed by atoms with van der Waals surface area (Å²) in [7, 11) is 0. The highest BCUT2D eigenvalue weighted by Gasteiger charge is 2.15. The van der Waals surface area contributed by atoms with Crippen molar-refractivity contribution >= 4 is 5.97 Å². The van der Waals surface area contributed by atoms with Crippen molar-refractivity contribution in [3.63, 3.8) is 0 Å². The maximum Gasteiger partial charge on any atom is 0.307 e. The number of nitrogens with zero attached hydrogens (tertiary/aromatic N) is 2. The van der Waals surface area contributed by atoms with Gasteiger partial charge in [0, 0.05) is 13.1 Å². The van der Waals surface area contributed by atoms with Gasteiger partial charge >= 0.3 is 5.97 Å². The lowest BCUT2D eigenvalue weighted by molar-refractivity contribution is -0.141. The van der Waals surface area contributed by atoms with Crippen molar-refractivity contribution < 1.29 is 15.0 Å². The Morgan fingerprint density at radius 1 is 1.11 bits per heavy atom. The van der Waals surface area contributed by atoms with Crippen LogP contribution in [0.3, 0.4) is 0 Å². The molecule has 1 atom stereocenters. The number of carboxylic acid groups (broad SMARTS) is 1. The summed E-state index contributed by atoms with van der Waals surface area (Å²) in [6.45, 7) is 11.1. The second-order valence-electron chi connectivity index (χ2n) is 4.64. The molecule has 1 unspecified atom stereocenters. The number of carbonyl (C=O) groups is 1. The zero-order valence-electron chi connectivity index (χ0n) is 11.9. The summed E-state index contributed by atoms with van der Waals surface area (Å²) in [6, 6.07) is 0. The van der Waals surface area contributed by atoms with Gasteiger partial charge in [-0.1, -0.05) is 20.8 Å². The maximum absolute atomic E-state index is 10.8. The van der Waals surface area contributed by atoms with Gasteiger partial charge in [-0.2, -0.15) is 0 Å². The molecule has 0 saturated carbocycles. The molecule has 5 nitrogen and oxygen atoms in total. The van der Waals surface area contributed by atoms with E-state index < -0.39 is 5.97 Å². The highest BCUT2D eigenvalue weighted by molar-refractivity contribution is 5.69. The Bertz CT molecular complexity index is 220. The van der Waals surface area contributed by atoms with Crippen LogP contribution in [0.4, 0.5) is 0 Å². The summed E-state index contributed by atoms with van der Waals surface area (Å²) >= 11 is 0. The Morgan fingerprint density at radius 3 is 2.11 bits per heavy atom. The van der Waals surface area contributed by atoms with Crippen molar-refractivity contribution in [3.8, 4) is 0 Å². The van der Waals surface area contributed by atoms with Crippen LogP contribution in [0.1, 0.15) is 27.2 Å². The summed E-state index contributed by atoms with van der Waals surface area (Å²) < 4.78 is 0. The van der Waals surface area contributed by atoms with E-state index in [9.17, 15) is 4.79 Å². The van der Waals surface area contributed by atoms with Crippen LogP contribution in [0, 0.1) is 5.92 Å². The van der Waals surface area contributed by atoms with E-state index in [-0.39, 0.29) is 12.5 Å². The highest BCUT2D eigenvalue weighted by atomic mass is 16.4. The molecule has 0 amide bonds. The van der Waals surface area contributed by atoms with Gasteiger partial charge in [-0.3, -0.25) is 4.79 Å². The van der Waals surface area contributed by atoms with E-state index in [2.05, 4.69) is 18.7 Å². The number of hydrogen-bond acceptors (Lipinski definition) is 4. The summed E-state index contributed by atoms with van der Waals surface area (Å²) in [6.07, 6.45) is 1.01. The van der Waals surface area contributed by atoms with Crippen LogP contribution in [0.15, 0.2) is 0 Å². The molecule has 108 valence electrons.